The zero-order valence-electron chi connectivity index (χ0n) is 7.00. The second-order valence-electron chi connectivity index (χ2n) is 3.05. The highest BCUT2D eigenvalue weighted by molar-refractivity contribution is 5.61. The lowest BCUT2D eigenvalue weighted by molar-refractivity contribution is 0.111. The van der Waals surface area contributed by atoms with Crippen LogP contribution in [0.3, 0.4) is 0 Å². The molecule has 3 nitrogen and oxygen atoms in total. The predicted molar refractivity (Wildman–Crippen MR) is 40.3 cm³/mol. The van der Waals surface area contributed by atoms with Gasteiger partial charge < -0.3 is 9.47 Å². The Morgan fingerprint density at radius 2 is 2.45 bits per heavy atom. The molecule has 1 aliphatic rings. The van der Waals surface area contributed by atoms with E-state index in [9.17, 15) is 4.79 Å². The molecule has 0 bridgehead atoms. The number of ether oxygens (including phenoxy) is 2. The SMILES string of the molecule is CCC(C)CC1COC(=O)O1. The molecule has 0 N–H and O–H groups in total. The molecule has 1 heterocycles. The lowest BCUT2D eigenvalue weighted by Crippen LogP contribution is -2.13. The molecule has 64 valence electrons. The Labute approximate surface area is 66.7 Å². The summed E-state index contributed by atoms with van der Waals surface area (Å²) >= 11 is 0. The zero-order valence-corrected chi connectivity index (χ0v) is 7.00. The zero-order chi connectivity index (χ0) is 8.27. The van der Waals surface area contributed by atoms with Gasteiger partial charge in [0, 0.05) is 0 Å². The lowest BCUT2D eigenvalue weighted by atomic mass is 10.0. The molecule has 3 heteroatoms. The Balaban J connectivity index is 2.22. The fourth-order valence-corrected chi connectivity index (χ4v) is 1.10. The first kappa shape index (κ1) is 8.37. The highest BCUT2D eigenvalue weighted by Gasteiger charge is 2.25. The molecule has 1 aliphatic heterocycles. The Hall–Kier alpha value is -0.730. The van der Waals surface area contributed by atoms with Gasteiger partial charge in [-0.05, 0) is 12.3 Å². The van der Waals surface area contributed by atoms with Gasteiger partial charge in [-0.15, -0.1) is 0 Å². The molecular formula is C8H14O3. The highest BCUT2D eigenvalue weighted by atomic mass is 16.8. The summed E-state index contributed by atoms with van der Waals surface area (Å²) in [5.74, 6) is 0.606. The third kappa shape index (κ3) is 2.41. The normalized spacial score (nSPS) is 26.0. The average molecular weight is 158 g/mol. The molecule has 0 radical (unpaired) electrons. The Bertz CT molecular complexity index is 144. The maximum atomic E-state index is 10.5. The molecule has 0 spiro atoms. The second-order valence-corrected chi connectivity index (χ2v) is 3.05. The molecule has 11 heavy (non-hydrogen) atoms. The fraction of sp³-hybridized carbons (Fsp3) is 0.875. The van der Waals surface area contributed by atoms with Gasteiger partial charge in [0.15, 0.2) is 0 Å². The van der Waals surface area contributed by atoms with Crippen LogP contribution in [0.4, 0.5) is 4.79 Å². The Morgan fingerprint density at radius 3 is 2.91 bits per heavy atom. The van der Waals surface area contributed by atoms with Gasteiger partial charge in [-0.25, -0.2) is 4.79 Å². The van der Waals surface area contributed by atoms with Gasteiger partial charge in [0.25, 0.3) is 0 Å². The van der Waals surface area contributed by atoms with Gasteiger partial charge in [0.1, 0.15) is 12.7 Å². The van der Waals surface area contributed by atoms with Crippen molar-refractivity contribution in [2.45, 2.75) is 32.8 Å². The van der Waals surface area contributed by atoms with Crippen molar-refractivity contribution >= 4 is 6.16 Å². The van der Waals surface area contributed by atoms with Crippen molar-refractivity contribution in [3.8, 4) is 0 Å². The summed E-state index contributed by atoms with van der Waals surface area (Å²) in [7, 11) is 0. The van der Waals surface area contributed by atoms with Crippen LogP contribution < -0.4 is 0 Å². The molecule has 0 amide bonds. The van der Waals surface area contributed by atoms with Crippen molar-refractivity contribution in [2.75, 3.05) is 6.61 Å². The van der Waals surface area contributed by atoms with Crippen LogP contribution in [0, 0.1) is 5.92 Å². The van der Waals surface area contributed by atoms with E-state index >= 15 is 0 Å². The van der Waals surface area contributed by atoms with E-state index < -0.39 is 6.16 Å². The molecule has 0 saturated carbocycles. The quantitative estimate of drug-likeness (QED) is 0.589. The smallest absolute Gasteiger partial charge is 0.430 e. The first-order valence-electron chi connectivity index (χ1n) is 4.05. The molecule has 0 aromatic rings. The molecule has 0 aromatic carbocycles. The first-order valence-corrected chi connectivity index (χ1v) is 4.05. The number of rotatable bonds is 3. The molecule has 1 rings (SSSR count). The van der Waals surface area contributed by atoms with Crippen LogP contribution in [0.25, 0.3) is 0 Å². The largest absolute Gasteiger partial charge is 0.508 e. The number of carbonyl (C=O) groups excluding carboxylic acids is 1. The van der Waals surface area contributed by atoms with Gasteiger partial charge in [0.05, 0.1) is 0 Å². The number of hydrogen-bond acceptors (Lipinski definition) is 3. The van der Waals surface area contributed by atoms with Crippen molar-refractivity contribution in [3.05, 3.63) is 0 Å². The van der Waals surface area contributed by atoms with Crippen LogP contribution in [0.2, 0.25) is 0 Å². The van der Waals surface area contributed by atoms with E-state index in [1.165, 1.54) is 0 Å². The van der Waals surface area contributed by atoms with Crippen molar-refractivity contribution in [1.29, 1.82) is 0 Å². The number of cyclic esters (lactones) is 2. The minimum Gasteiger partial charge on any atom is -0.430 e. The minimum atomic E-state index is -0.515. The molecular weight excluding hydrogens is 144 g/mol. The van der Waals surface area contributed by atoms with E-state index in [1.807, 2.05) is 0 Å². The van der Waals surface area contributed by atoms with Gasteiger partial charge >= 0.3 is 6.16 Å². The number of hydrogen-bond donors (Lipinski definition) is 0. The molecule has 2 unspecified atom stereocenters. The van der Waals surface area contributed by atoms with E-state index in [0.29, 0.717) is 12.5 Å². The van der Waals surface area contributed by atoms with E-state index in [2.05, 4.69) is 18.6 Å². The summed E-state index contributed by atoms with van der Waals surface area (Å²) in [5, 5.41) is 0. The molecule has 1 saturated heterocycles. The van der Waals surface area contributed by atoms with Crippen LogP contribution in [0.5, 0.6) is 0 Å². The third-order valence-corrected chi connectivity index (χ3v) is 2.01. The second kappa shape index (κ2) is 3.60. The van der Waals surface area contributed by atoms with Gasteiger partial charge in [-0.1, -0.05) is 20.3 Å². The van der Waals surface area contributed by atoms with Crippen LogP contribution in [0.1, 0.15) is 26.7 Å². The average Bonchev–Trinajstić information content (AvgIpc) is 2.35. The monoisotopic (exact) mass is 158 g/mol. The maximum Gasteiger partial charge on any atom is 0.508 e. The van der Waals surface area contributed by atoms with Crippen LogP contribution in [-0.4, -0.2) is 18.9 Å². The summed E-state index contributed by atoms with van der Waals surface area (Å²) in [5.41, 5.74) is 0. The van der Waals surface area contributed by atoms with E-state index in [1.54, 1.807) is 0 Å². The maximum absolute atomic E-state index is 10.5. The summed E-state index contributed by atoms with van der Waals surface area (Å²) in [6, 6.07) is 0. The van der Waals surface area contributed by atoms with Gasteiger partial charge in [-0.3, -0.25) is 0 Å². The standard InChI is InChI=1S/C8H14O3/c1-3-6(2)4-7-5-10-8(9)11-7/h6-7H,3-5H2,1-2H3. The predicted octanol–water partition coefficient (Wildman–Crippen LogP) is 1.96. The van der Waals surface area contributed by atoms with E-state index in [4.69, 9.17) is 4.74 Å². The number of carbonyl (C=O) groups is 1. The molecule has 0 aromatic heterocycles. The van der Waals surface area contributed by atoms with Crippen LogP contribution in [0.15, 0.2) is 0 Å². The first-order chi connectivity index (χ1) is 5.22. The Kier molecular flexibility index (Phi) is 2.74. The fourth-order valence-electron chi connectivity index (χ4n) is 1.10. The van der Waals surface area contributed by atoms with Crippen LogP contribution in [-0.2, 0) is 9.47 Å². The van der Waals surface area contributed by atoms with Crippen molar-refractivity contribution in [1.82, 2.24) is 0 Å². The minimum absolute atomic E-state index is 0.00236. The summed E-state index contributed by atoms with van der Waals surface area (Å²) in [4.78, 5) is 10.5. The topological polar surface area (TPSA) is 35.5 Å². The molecule has 1 fully saturated rings. The summed E-state index contributed by atoms with van der Waals surface area (Å²) < 4.78 is 9.52. The van der Waals surface area contributed by atoms with E-state index in [0.717, 1.165) is 12.8 Å². The van der Waals surface area contributed by atoms with E-state index in [-0.39, 0.29) is 6.10 Å². The summed E-state index contributed by atoms with van der Waals surface area (Å²) in [6.07, 6.45) is 1.52. The Morgan fingerprint density at radius 1 is 1.73 bits per heavy atom. The van der Waals surface area contributed by atoms with Crippen molar-refractivity contribution in [3.63, 3.8) is 0 Å². The lowest BCUT2D eigenvalue weighted by Gasteiger charge is -2.10. The third-order valence-electron chi connectivity index (χ3n) is 2.01. The van der Waals surface area contributed by atoms with Crippen molar-refractivity contribution < 1.29 is 14.3 Å². The van der Waals surface area contributed by atoms with Gasteiger partial charge in [-0.2, -0.15) is 0 Å². The molecule has 2 atom stereocenters. The highest BCUT2D eigenvalue weighted by Crippen LogP contribution is 2.17. The van der Waals surface area contributed by atoms with Gasteiger partial charge in [0.2, 0.25) is 0 Å². The van der Waals surface area contributed by atoms with Crippen molar-refractivity contribution in [2.24, 2.45) is 5.92 Å². The van der Waals surface area contributed by atoms with Crippen LogP contribution >= 0.6 is 0 Å². The molecule has 0 aliphatic carbocycles. The summed E-state index contributed by atoms with van der Waals surface area (Å²) in [6.45, 7) is 4.71.